The Kier molecular flexibility index (Phi) is 5.76. The van der Waals surface area contributed by atoms with Gasteiger partial charge in [-0.3, -0.25) is 0 Å². The molecule has 0 spiro atoms. The third kappa shape index (κ3) is 4.54. The average molecular weight is 437 g/mol. The van der Waals surface area contributed by atoms with Crippen molar-refractivity contribution in [3.63, 3.8) is 0 Å². The predicted octanol–water partition coefficient (Wildman–Crippen LogP) is 2.14. The Bertz CT molecular complexity index is 1040. The summed E-state index contributed by atoms with van der Waals surface area (Å²) >= 11 is 0. The highest BCUT2D eigenvalue weighted by atomic mass is 32.2. The summed E-state index contributed by atoms with van der Waals surface area (Å²) in [6.07, 6.45) is 1.97. The Morgan fingerprint density at radius 3 is 2.03 bits per heavy atom. The molecule has 2 aromatic carbocycles. The zero-order valence-electron chi connectivity index (χ0n) is 15.9. The minimum atomic E-state index is -3.78. The molecule has 0 bridgehead atoms. The molecule has 1 heterocycles. The second-order valence-corrected chi connectivity index (χ2v) is 11.0. The topological polar surface area (TPSA) is 92.8 Å². The van der Waals surface area contributed by atoms with Crippen LogP contribution in [0.4, 0.5) is 0 Å². The lowest BCUT2D eigenvalue weighted by atomic mass is 10.0. The zero-order valence-corrected chi connectivity index (χ0v) is 17.5. The highest BCUT2D eigenvalue weighted by Crippen LogP contribution is 2.41. The van der Waals surface area contributed by atoms with Crippen LogP contribution in [-0.4, -0.2) is 47.4 Å². The van der Waals surface area contributed by atoms with Crippen LogP contribution in [0.25, 0.3) is 0 Å². The van der Waals surface area contributed by atoms with E-state index in [2.05, 4.69) is 4.72 Å². The van der Waals surface area contributed by atoms with Gasteiger partial charge in [0, 0.05) is 19.1 Å². The van der Waals surface area contributed by atoms with Gasteiger partial charge in [-0.1, -0.05) is 30.3 Å². The summed E-state index contributed by atoms with van der Waals surface area (Å²) in [5, 5.41) is 0. The summed E-state index contributed by atoms with van der Waals surface area (Å²) in [7, 11) is -7.43. The quantitative estimate of drug-likeness (QED) is 0.718. The molecule has 2 aromatic rings. The van der Waals surface area contributed by atoms with Crippen molar-refractivity contribution in [1.29, 1.82) is 0 Å². The minimum Gasteiger partial charge on any atom is -0.379 e. The maximum absolute atomic E-state index is 12.9. The van der Waals surface area contributed by atoms with E-state index in [-0.39, 0.29) is 21.8 Å². The van der Waals surface area contributed by atoms with Gasteiger partial charge in [0.15, 0.2) is 0 Å². The molecule has 0 aromatic heterocycles. The van der Waals surface area contributed by atoms with E-state index in [1.807, 2.05) is 30.3 Å². The largest absolute Gasteiger partial charge is 0.379 e. The molecular formula is C20H24N2O5S2. The van der Waals surface area contributed by atoms with E-state index in [9.17, 15) is 16.8 Å². The molecule has 4 rings (SSSR count). The summed E-state index contributed by atoms with van der Waals surface area (Å²) in [6, 6.07) is 14.7. The first kappa shape index (κ1) is 20.5. The van der Waals surface area contributed by atoms with Crippen LogP contribution in [-0.2, 0) is 24.8 Å². The Balaban J connectivity index is 1.54. The number of nitrogens with one attached hydrogen (secondary N) is 1. The fourth-order valence-electron chi connectivity index (χ4n) is 3.49. The van der Waals surface area contributed by atoms with Gasteiger partial charge in [0.05, 0.1) is 23.0 Å². The highest BCUT2D eigenvalue weighted by Gasteiger charge is 2.35. The van der Waals surface area contributed by atoms with Crippen LogP contribution < -0.4 is 4.72 Å². The van der Waals surface area contributed by atoms with E-state index in [0.717, 1.165) is 18.4 Å². The number of morpholine rings is 1. The standard InChI is InChI=1S/C20H24N2O5S2/c23-28(24,21-20(17-6-7-17)16-4-2-1-3-5-16)18-8-10-19(11-9-18)29(25,26)22-12-14-27-15-13-22/h1-5,8-11,17,20-21H,6-7,12-15H2. The maximum atomic E-state index is 12.9. The van der Waals surface area contributed by atoms with Crippen LogP contribution in [0.5, 0.6) is 0 Å². The maximum Gasteiger partial charge on any atom is 0.243 e. The summed E-state index contributed by atoms with van der Waals surface area (Å²) < 4.78 is 60.6. The summed E-state index contributed by atoms with van der Waals surface area (Å²) in [6.45, 7) is 1.31. The average Bonchev–Trinajstić information content (AvgIpc) is 3.59. The number of nitrogens with zero attached hydrogens (tertiary/aromatic N) is 1. The molecule has 7 nitrogen and oxygen atoms in total. The second kappa shape index (κ2) is 8.16. The molecule has 1 saturated heterocycles. The van der Waals surface area contributed by atoms with Gasteiger partial charge < -0.3 is 4.74 Å². The van der Waals surface area contributed by atoms with Gasteiger partial charge in [0.25, 0.3) is 0 Å². The van der Waals surface area contributed by atoms with E-state index in [0.29, 0.717) is 26.3 Å². The van der Waals surface area contributed by atoms with Gasteiger partial charge in [-0.15, -0.1) is 0 Å². The Labute approximate surface area is 171 Å². The van der Waals surface area contributed by atoms with E-state index >= 15 is 0 Å². The molecule has 1 aliphatic heterocycles. The van der Waals surface area contributed by atoms with Crippen LogP contribution in [0, 0.1) is 5.92 Å². The predicted molar refractivity (Wildman–Crippen MR) is 108 cm³/mol. The molecule has 1 atom stereocenters. The number of rotatable bonds is 7. The van der Waals surface area contributed by atoms with Crippen molar-refractivity contribution in [2.75, 3.05) is 26.3 Å². The molecule has 1 unspecified atom stereocenters. The van der Waals surface area contributed by atoms with E-state index in [1.54, 1.807) is 0 Å². The van der Waals surface area contributed by atoms with Gasteiger partial charge in [-0.05, 0) is 48.6 Å². The van der Waals surface area contributed by atoms with Crippen molar-refractivity contribution in [3.8, 4) is 0 Å². The minimum absolute atomic E-state index is 0.0556. The van der Waals surface area contributed by atoms with Crippen LogP contribution in [0.3, 0.4) is 0 Å². The molecule has 1 saturated carbocycles. The van der Waals surface area contributed by atoms with Gasteiger partial charge in [-0.2, -0.15) is 4.31 Å². The fourth-order valence-corrected chi connectivity index (χ4v) is 6.19. The lowest BCUT2D eigenvalue weighted by molar-refractivity contribution is 0.0730. The van der Waals surface area contributed by atoms with E-state index in [1.165, 1.54) is 28.6 Å². The van der Waals surface area contributed by atoms with Crippen LogP contribution in [0.15, 0.2) is 64.4 Å². The van der Waals surface area contributed by atoms with Crippen LogP contribution in [0.1, 0.15) is 24.4 Å². The third-order valence-electron chi connectivity index (χ3n) is 5.28. The first-order valence-electron chi connectivity index (χ1n) is 9.63. The fraction of sp³-hybridized carbons (Fsp3) is 0.400. The first-order valence-corrected chi connectivity index (χ1v) is 12.6. The Morgan fingerprint density at radius 2 is 1.45 bits per heavy atom. The second-order valence-electron chi connectivity index (χ2n) is 7.33. The number of sulfonamides is 2. The molecular weight excluding hydrogens is 412 g/mol. The SMILES string of the molecule is O=S(=O)(NC(c1ccccc1)C1CC1)c1ccc(S(=O)(=O)N2CCOCC2)cc1. The summed E-state index contributed by atoms with van der Waals surface area (Å²) in [5.74, 6) is 0.285. The molecule has 1 aliphatic carbocycles. The lowest BCUT2D eigenvalue weighted by Crippen LogP contribution is -2.40. The summed E-state index contributed by atoms with van der Waals surface area (Å²) in [4.78, 5) is 0.139. The van der Waals surface area contributed by atoms with Crippen molar-refractivity contribution in [2.45, 2.75) is 28.7 Å². The van der Waals surface area contributed by atoms with Crippen molar-refractivity contribution in [1.82, 2.24) is 9.03 Å². The molecule has 2 fully saturated rings. The lowest BCUT2D eigenvalue weighted by Gasteiger charge is -2.26. The van der Waals surface area contributed by atoms with Crippen LogP contribution >= 0.6 is 0 Å². The molecule has 29 heavy (non-hydrogen) atoms. The Morgan fingerprint density at radius 1 is 0.862 bits per heavy atom. The van der Waals surface area contributed by atoms with Gasteiger partial charge >= 0.3 is 0 Å². The smallest absolute Gasteiger partial charge is 0.243 e. The number of hydrogen-bond acceptors (Lipinski definition) is 5. The molecule has 2 aliphatic rings. The number of benzene rings is 2. The molecule has 0 amide bonds. The van der Waals surface area contributed by atoms with Gasteiger partial charge in [0.1, 0.15) is 0 Å². The van der Waals surface area contributed by atoms with E-state index < -0.39 is 20.0 Å². The Hall–Kier alpha value is -1.78. The normalized spacial score (nSPS) is 19.7. The molecule has 156 valence electrons. The van der Waals surface area contributed by atoms with Crippen molar-refractivity contribution in [2.24, 2.45) is 5.92 Å². The molecule has 9 heteroatoms. The monoisotopic (exact) mass is 436 g/mol. The number of ether oxygens (including phenoxy) is 1. The van der Waals surface area contributed by atoms with Crippen molar-refractivity contribution >= 4 is 20.0 Å². The van der Waals surface area contributed by atoms with Crippen molar-refractivity contribution < 1.29 is 21.6 Å². The van der Waals surface area contributed by atoms with Gasteiger partial charge in [0.2, 0.25) is 20.0 Å². The molecule has 1 N–H and O–H groups in total. The summed E-state index contributed by atoms with van der Waals surface area (Å²) in [5.41, 5.74) is 0.935. The zero-order chi connectivity index (χ0) is 20.5. The number of hydrogen-bond donors (Lipinski definition) is 1. The van der Waals surface area contributed by atoms with Gasteiger partial charge in [-0.25, -0.2) is 21.6 Å². The molecule has 0 radical (unpaired) electrons. The van der Waals surface area contributed by atoms with Crippen molar-refractivity contribution in [3.05, 3.63) is 60.2 Å². The first-order chi connectivity index (χ1) is 13.9. The third-order valence-corrected chi connectivity index (χ3v) is 8.65. The highest BCUT2D eigenvalue weighted by molar-refractivity contribution is 7.89. The van der Waals surface area contributed by atoms with E-state index in [4.69, 9.17) is 4.74 Å². The van der Waals surface area contributed by atoms with Crippen LogP contribution in [0.2, 0.25) is 0 Å².